The van der Waals surface area contributed by atoms with E-state index in [2.05, 4.69) is 6.92 Å². The molecule has 0 unspecified atom stereocenters. The summed E-state index contributed by atoms with van der Waals surface area (Å²) in [6.45, 7) is 9.28. The standard InChI is InChI=1S/C32H66O6.2Na.H2O4S/c1-2-3-4-5-6-7-10-13-16-20-24-35-28-31-38-32-29-36-25-21-18-15-12-9-8-11-14-17-19-23-34-27-30-37-26-22-33;;;1-5(2,3)4/h33H,2-32H2,1H3;;;(H2,1,2,3,4)/q;2*+1;/p-2. The second-order valence-electron chi connectivity index (χ2n) is 10.9. The smallest absolute Gasteiger partial charge is 0.759 e. The van der Waals surface area contributed by atoms with Crippen molar-refractivity contribution in [2.24, 2.45) is 0 Å². The third-order valence-electron chi connectivity index (χ3n) is 6.82. The zero-order valence-corrected chi connectivity index (χ0v) is 34.3. The van der Waals surface area contributed by atoms with Gasteiger partial charge in [0.25, 0.3) is 0 Å². The number of aliphatic hydroxyl groups excluding tert-OH is 1. The molecule has 0 atom stereocenters. The summed E-state index contributed by atoms with van der Waals surface area (Å²) in [7, 11) is -5.17. The van der Waals surface area contributed by atoms with Crippen LogP contribution in [0.3, 0.4) is 0 Å². The first-order valence-electron chi connectivity index (χ1n) is 17.1. The van der Waals surface area contributed by atoms with Crippen LogP contribution in [0.1, 0.15) is 135 Å². The van der Waals surface area contributed by atoms with E-state index in [9.17, 15) is 0 Å². The van der Waals surface area contributed by atoms with Gasteiger partial charge in [0.15, 0.2) is 0 Å². The molecule has 0 rings (SSSR count). The molecule has 0 radical (unpaired) electrons. The Morgan fingerprint density at radius 2 is 0.600 bits per heavy atom. The van der Waals surface area contributed by atoms with Crippen molar-refractivity contribution in [2.75, 3.05) is 72.7 Å². The van der Waals surface area contributed by atoms with Gasteiger partial charge in [0, 0.05) is 30.2 Å². The molecule has 0 aromatic heterocycles. The fraction of sp³-hybridized carbons (Fsp3) is 1.00. The van der Waals surface area contributed by atoms with Gasteiger partial charge in [-0.3, -0.25) is 8.42 Å². The van der Waals surface area contributed by atoms with Crippen molar-refractivity contribution < 1.29 is 105 Å². The Balaban J connectivity index is -0.00000110. The number of ether oxygens (including phenoxy) is 5. The van der Waals surface area contributed by atoms with Crippen LogP contribution in [-0.4, -0.2) is 95.3 Å². The summed E-state index contributed by atoms with van der Waals surface area (Å²) in [4.78, 5) is 0. The van der Waals surface area contributed by atoms with Crippen molar-refractivity contribution in [2.45, 2.75) is 135 Å². The Morgan fingerprint density at radius 3 is 0.844 bits per heavy atom. The predicted octanol–water partition coefficient (Wildman–Crippen LogP) is 0.554. The van der Waals surface area contributed by atoms with Crippen LogP contribution in [0.2, 0.25) is 0 Å². The Hall–Kier alpha value is 1.63. The normalized spacial score (nSPS) is 11.0. The topological polar surface area (TPSA) is 147 Å². The van der Waals surface area contributed by atoms with Crippen LogP contribution in [0.15, 0.2) is 0 Å². The minimum absolute atomic E-state index is 0. The molecule has 0 amide bonds. The average Bonchev–Trinajstić information content (AvgIpc) is 2.96. The SMILES string of the molecule is CCCCCCCCCCCCOCCOCCOCCCCCCCCCCCCOCCOCCO.O=S(=O)([O-])[O-].[Na+].[Na+]. The van der Waals surface area contributed by atoms with Gasteiger partial charge in [-0.15, -0.1) is 0 Å². The Labute approximate surface area is 321 Å². The fourth-order valence-electron chi connectivity index (χ4n) is 4.44. The Kier molecular flexibility index (Phi) is 56.7. The second-order valence-corrected chi connectivity index (χ2v) is 11.7. The van der Waals surface area contributed by atoms with Gasteiger partial charge in [0.05, 0.1) is 52.9 Å². The van der Waals surface area contributed by atoms with E-state index in [1.165, 1.54) is 116 Å². The molecule has 262 valence electrons. The van der Waals surface area contributed by atoms with Crippen LogP contribution < -0.4 is 59.1 Å². The summed E-state index contributed by atoms with van der Waals surface area (Å²) in [6.07, 6.45) is 26.5. The molecule has 0 spiro atoms. The molecule has 0 heterocycles. The molecule has 45 heavy (non-hydrogen) atoms. The summed E-state index contributed by atoms with van der Waals surface area (Å²) in [6, 6.07) is 0. The number of rotatable bonds is 35. The summed E-state index contributed by atoms with van der Waals surface area (Å²) in [5.74, 6) is 0. The Bertz CT molecular complexity index is 561. The van der Waals surface area contributed by atoms with E-state index in [0.717, 1.165) is 32.7 Å². The molecular weight excluding hydrogens is 622 g/mol. The third-order valence-corrected chi connectivity index (χ3v) is 6.82. The van der Waals surface area contributed by atoms with Crippen LogP contribution in [0.4, 0.5) is 0 Å². The van der Waals surface area contributed by atoms with Gasteiger partial charge < -0.3 is 37.9 Å². The maximum Gasteiger partial charge on any atom is 1.00 e. The molecular formula is C32H66Na2O10S. The number of unbranched alkanes of at least 4 members (excludes halogenated alkanes) is 18. The van der Waals surface area contributed by atoms with E-state index in [0.29, 0.717) is 46.2 Å². The average molecular weight is 689 g/mol. The maximum absolute atomic E-state index is 8.61. The number of aliphatic hydroxyl groups is 1. The molecule has 0 aliphatic rings. The minimum atomic E-state index is -5.17. The van der Waals surface area contributed by atoms with Crippen LogP contribution in [-0.2, 0) is 34.1 Å². The maximum atomic E-state index is 8.61. The van der Waals surface area contributed by atoms with Gasteiger partial charge in [-0.05, 0) is 19.3 Å². The molecule has 0 saturated carbocycles. The molecule has 1 N–H and O–H groups in total. The summed E-state index contributed by atoms with van der Waals surface area (Å²) in [5.41, 5.74) is 0. The summed E-state index contributed by atoms with van der Waals surface area (Å²) >= 11 is 0. The number of hydrogen-bond donors (Lipinski definition) is 1. The van der Waals surface area contributed by atoms with Crippen LogP contribution in [0, 0.1) is 0 Å². The van der Waals surface area contributed by atoms with E-state index in [1.54, 1.807) is 0 Å². The van der Waals surface area contributed by atoms with Gasteiger partial charge in [0.1, 0.15) is 0 Å². The van der Waals surface area contributed by atoms with E-state index in [1.807, 2.05) is 0 Å². The molecule has 0 aliphatic heterocycles. The van der Waals surface area contributed by atoms with E-state index in [-0.39, 0.29) is 65.7 Å². The van der Waals surface area contributed by atoms with Gasteiger partial charge in [-0.2, -0.15) is 0 Å². The molecule has 0 aliphatic carbocycles. The quantitative estimate of drug-likeness (QED) is 0.0434. The second kappa shape index (κ2) is 47.7. The van der Waals surface area contributed by atoms with Crippen LogP contribution in [0.5, 0.6) is 0 Å². The number of hydrogen-bond acceptors (Lipinski definition) is 10. The fourth-order valence-corrected chi connectivity index (χ4v) is 4.44. The van der Waals surface area contributed by atoms with Gasteiger partial charge >= 0.3 is 59.1 Å². The first kappa shape index (κ1) is 53.4. The van der Waals surface area contributed by atoms with E-state index in [4.69, 9.17) is 46.3 Å². The molecule has 0 bridgehead atoms. The van der Waals surface area contributed by atoms with Gasteiger partial charge in [-0.1, -0.05) is 116 Å². The first-order valence-corrected chi connectivity index (χ1v) is 18.4. The van der Waals surface area contributed by atoms with Crippen molar-refractivity contribution in [3.8, 4) is 0 Å². The first-order chi connectivity index (χ1) is 20.9. The zero-order valence-electron chi connectivity index (χ0n) is 29.5. The summed E-state index contributed by atoms with van der Waals surface area (Å²) in [5, 5.41) is 8.61. The van der Waals surface area contributed by atoms with Gasteiger partial charge in [-0.25, -0.2) is 0 Å². The van der Waals surface area contributed by atoms with E-state index < -0.39 is 10.4 Å². The zero-order chi connectivity index (χ0) is 32.0. The monoisotopic (exact) mass is 688 g/mol. The predicted molar refractivity (Wildman–Crippen MR) is 170 cm³/mol. The largest absolute Gasteiger partial charge is 1.00 e. The van der Waals surface area contributed by atoms with Crippen molar-refractivity contribution >= 4 is 10.4 Å². The van der Waals surface area contributed by atoms with Crippen molar-refractivity contribution in [1.82, 2.24) is 0 Å². The molecule has 13 heteroatoms. The van der Waals surface area contributed by atoms with E-state index >= 15 is 0 Å². The van der Waals surface area contributed by atoms with Gasteiger partial charge in [0.2, 0.25) is 0 Å². The molecule has 10 nitrogen and oxygen atoms in total. The van der Waals surface area contributed by atoms with Crippen molar-refractivity contribution in [3.63, 3.8) is 0 Å². The van der Waals surface area contributed by atoms with Crippen molar-refractivity contribution in [3.05, 3.63) is 0 Å². The van der Waals surface area contributed by atoms with Crippen molar-refractivity contribution in [1.29, 1.82) is 0 Å². The third kappa shape index (κ3) is 64.7. The van der Waals surface area contributed by atoms with Crippen LogP contribution in [0.25, 0.3) is 0 Å². The summed E-state index contributed by atoms with van der Waals surface area (Å²) < 4.78 is 61.7. The molecule has 0 fully saturated rings. The molecule has 0 aromatic rings. The molecule has 0 saturated heterocycles. The van der Waals surface area contributed by atoms with Crippen LogP contribution >= 0.6 is 0 Å². The minimum Gasteiger partial charge on any atom is -0.759 e. The Morgan fingerprint density at radius 1 is 0.400 bits per heavy atom. The molecule has 0 aromatic carbocycles.